The lowest BCUT2D eigenvalue weighted by atomic mass is 9.97. The molecule has 2 saturated heterocycles. The number of rotatable bonds is 5. The number of hydrogen-bond acceptors (Lipinski definition) is 7. The number of fused-ring (bicyclic) bond motifs is 1. The van der Waals surface area contributed by atoms with E-state index in [1.54, 1.807) is 30.3 Å². The van der Waals surface area contributed by atoms with Gasteiger partial charge in [0.2, 0.25) is 0 Å². The smallest absolute Gasteiger partial charge is 0.337 e. The fraction of sp³-hybridized carbons (Fsp3) is 0.355. The van der Waals surface area contributed by atoms with Crippen molar-refractivity contribution in [2.45, 2.75) is 6.54 Å². The van der Waals surface area contributed by atoms with Gasteiger partial charge in [0, 0.05) is 61.6 Å². The van der Waals surface area contributed by atoms with E-state index in [4.69, 9.17) is 32.7 Å². The van der Waals surface area contributed by atoms with Gasteiger partial charge in [-0.15, -0.1) is 0 Å². The van der Waals surface area contributed by atoms with E-state index in [2.05, 4.69) is 16.8 Å². The minimum atomic E-state index is -1.21. The second-order valence-corrected chi connectivity index (χ2v) is 11.7. The van der Waals surface area contributed by atoms with Gasteiger partial charge in [-0.25, -0.2) is 9.18 Å². The predicted molar refractivity (Wildman–Crippen MR) is 163 cm³/mol. The average Bonchev–Trinajstić information content (AvgIpc) is 3.00. The van der Waals surface area contributed by atoms with Crippen molar-refractivity contribution in [1.82, 2.24) is 9.80 Å². The molecule has 0 aliphatic carbocycles. The fourth-order valence-corrected chi connectivity index (χ4v) is 6.43. The van der Waals surface area contributed by atoms with E-state index in [1.165, 1.54) is 4.90 Å². The van der Waals surface area contributed by atoms with Crippen molar-refractivity contribution in [2.24, 2.45) is 0 Å². The van der Waals surface area contributed by atoms with E-state index in [0.717, 1.165) is 37.9 Å². The van der Waals surface area contributed by atoms with E-state index in [-0.39, 0.29) is 45.9 Å². The van der Waals surface area contributed by atoms with Gasteiger partial charge in [0.15, 0.2) is 6.73 Å². The minimum absolute atomic E-state index is 0.0964. The highest BCUT2D eigenvalue weighted by Crippen LogP contribution is 2.41. The van der Waals surface area contributed by atoms with E-state index < -0.39 is 11.8 Å². The van der Waals surface area contributed by atoms with E-state index in [0.29, 0.717) is 48.9 Å². The highest BCUT2D eigenvalue weighted by Gasteiger charge is 2.30. The van der Waals surface area contributed by atoms with Crippen LogP contribution in [-0.2, 0) is 11.3 Å². The summed E-state index contributed by atoms with van der Waals surface area (Å²) >= 11 is 13.3. The molecule has 0 spiro atoms. The molecule has 0 radical (unpaired) electrons. The summed E-state index contributed by atoms with van der Waals surface area (Å²) in [6, 6.07) is 11.5. The van der Waals surface area contributed by atoms with Gasteiger partial charge < -0.3 is 34.2 Å². The van der Waals surface area contributed by atoms with E-state index in [1.807, 2.05) is 11.0 Å². The first-order valence-corrected chi connectivity index (χ1v) is 14.8. The molecule has 226 valence electrons. The zero-order chi connectivity index (χ0) is 30.2. The Kier molecular flexibility index (Phi) is 8.37. The third-order valence-electron chi connectivity index (χ3n) is 8.18. The number of likely N-dealkylation sites (N-methyl/N-ethyl adjacent to an activating group) is 1. The number of halogens is 3. The molecule has 1 N–H and O–H groups in total. The maximum absolute atomic E-state index is 15.5. The molecule has 3 aliphatic rings. The Morgan fingerprint density at radius 3 is 2.28 bits per heavy atom. The van der Waals surface area contributed by atoms with Gasteiger partial charge >= 0.3 is 5.97 Å². The first-order chi connectivity index (χ1) is 20.7. The average molecular weight is 630 g/mol. The minimum Gasteiger partial charge on any atom is -0.478 e. The first-order valence-electron chi connectivity index (χ1n) is 14.1. The number of carboxylic acids is 1. The molecule has 0 atom stereocenters. The summed E-state index contributed by atoms with van der Waals surface area (Å²) < 4.78 is 26.9. The number of amides is 1. The van der Waals surface area contributed by atoms with Gasteiger partial charge in [0.25, 0.3) is 5.91 Å². The van der Waals surface area contributed by atoms with E-state index in [9.17, 15) is 14.7 Å². The monoisotopic (exact) mass is 628 g/mol. The molecule has 43 heavy (non-hydrogen) atoms. The number of piperazine rings is 1. The molecule has 0 saturated carbocycles. The van der Waals surface area contributed by atoms with Crippen molar-refractivity contribution in [3.63, 3.8) is 0 Å². The number of hydrogen-bond donors (Lipinski definition) is 1. The summed E-state index contributed by atoms with van der Waals surface area (Å²) in [6.45, 7) is 5.50. The molecule has 0 bridgehead atoms. The van der Waals surface area contributed by atoms with Crippen LogP contribution in [0.1, 0.15) is 26.3 Å². The van der Waals surface area contributed by atoms with Crippen molar-refractivity contribution in [3.05, 3.63) is 75.0 Å². The van der Waals surface area contributed by atoms with Crippen LogP contribution < -0.4 is 14.5 Å². The van der Waals surface area contributed by atoms with Crippen LogP contribution in [0.15, 0.2) is 42.5 Å². The normalized spacial score (nSPS) is 17.4. The Labute approximate surface area is 258 Å². The SMILES string of the molecule is CN1CCN(c2cc(Cl)c(C(=O)N3COc4c(cccc4-c4cc(N5CCOCC5)c(C(=O)O)cc4F)C3)c(Cl)c2)CC1. The van der Waals surface area contributed by atoms with Crippen LogP contribution in [0.5, 0.6) is 5.75 Å². The van der Waals surface area contributed by atoms with Crippen molar-refractivity contribution >= 4 is 46.5 Å². The van der Waals surface area contributed by atoms with Crippen LogP contribution in [0.2, 0.25) is 10.0 Å². The molecule has 6 rings (SSSR count). The zero-order valence-corrected chi connectivity index (χ0v) is 25.1. The van der Waals surface area contributed by atoms with E-state index >= 15 is 4.39 Å². The number of para-hydroxylation sites is 1. The zero-order valence-electron chi connectivity index (χ0n) is 23.6. The van der Waals surface area contributed by atoms with Crippen molar-refractivity contribution in [1.29, 1.82) is 0 Å². The summed E-state index contributed by atoms with van der Waals surface area (Å²) in [4.78, 5) is 33.4. The molecule has 1 amide bonds. The Morgan fingerprint density at radius 2 is 1.60 bits per heavy atom. The van der Waals surface area contributed by atoms with Crippen molar-refractivity contribution in [2.75, 3.05) is 76.1 Å². The number of morpholine rings is 1. The Morgan fingerprint density at radius 1 is 0.907 bits per heavy atom. The largest absolute Gasteiger partial charge is 0.478 e. The number of carboxylic acid groups (broad SMARTS) is 1. The molecule has 0 aromatic heterocycles. The predicted octanol–water partition coefficient (Wildman–Crippen LogP) is 5.08. The first kappa shape index (κ1) is 29.5. The van der Waals surface area contributed by atoms with Crippen LogP contribution in [0.3, 0.4) is 0 Å². The summed E-state index contributed by atoms with van der Waals surface area (Å²) in [7, 11) is 2.08. The number of aromatic carboxylic acids is 1. The van der Waals surface area contributed by atoms with Crippen LogP contribution in [-0.4, -0.2) is 93.0 Å². The summed E-state index contributed by atoms with van der Waals surface area (Å²) in [5.41, 5.74) is 2.74. The standard InChI is InChI=1S/C31H31Cl2FN4O5/c1-35-5-7-36(8-6-35)20-13-24(32)28(25(33)14-20)30(39)38-17-19-3-2-4-21(29(19)43-18-38)22-16-27(37-9-11-42-12-10-37)23(31(40)41)15-26(22)34/h2-4,13-16H,5-12,17-18H2,1H3,(H,40,41). The van der Waals surface area contributed by atoms with Crippen LogP contribution in [0, 0.1) is 5.82 Å². The lowest BCUT2D eigenvalue weighted by molar-refractivity contribution is 0.0516. The van der Waals surface area contributed by atoms with Gasteiger partial charge in [0.1, 0.15) is 11.6 Å². The molecular weight excluding hydrogens is 598 g/mol. The third-order valence-corrected chi connectivity index (χ3v) is 8.77. The second-order valence-electron chi connectivity index (χ2n) is 10.9. The number of ether oxygens (including phenoxy) is 2. The van der Waals surface area contributed by atoms with Gasteiger partial charge in [-0.05, 0) is 31.3 Å². The highest BCUT2D eigenvalue weighted by atomic mass is 35.5. The lowest BCUT2D eigenvalue weighted by Gasteiger charge is -2.34. The fourth-order valence-electron chi connectivity index (χ4n) is 5.79. The molecule has 12 heteroatoms. The quantitative estimate of drug-likeness (QED) is 0.419. The molecular formula is C31H31Cl2FN4O5. The highest BCUT2D eigenvalue weighted by molar-refractivity contribution is 6.40. The third kappa shape index (κ3) is 5.84. The Balaban J connectivity index is 1.27. The van der Waals surface area contributed by atoms with Crippen LogP contribution in [0.4, 0.5) is 15.8 Å². The summed E-state index contributed by atoms with van der Waals surface area (Å²) in [6.07, 6.45) is 0. The maximum Gasteiger partial charge on any atom is 0.337 e. The summed E-state index contributed by atoms with van der Waals surface area (Å²) in [5, 5.41) is 10.3. The second kappa shape index (κ2) is 12.2. The van der Waals surface area contributed by atoms with Gasteiger partial charge in [-0.3, -0.25) is 4.79 Å². The molecule has 2 fully saturated rings. The lowest BCUT2D eigenvalue weighted by Crippen LogP contribution is -2.44. The summed E-state index contributed by atoms with van der Waals surface area (Å²) in [5.74, 6) is -1.82. The number of carbonyl (C=O) groups excluding carboxylic acids is 1. The maximum atomic E-state index is 15.5. The Bertz CT molecular complexity index is 1550. The Hall–Kier alpha value is -3.57. The molecule has 3 aliphatic heterocycles. The van der Waals surface area contributed by atoms with Gasteiger partial charge in [-0.2, -0.15) is 0 Å². The molecule has 3 aromatic rings. The van der Waals surface area contributed by atoms with Gasteiger partial charge in [0.05, 0.1) is 46.6 Å². The van der Waals surface area contributed by atoms with Crippen molar-refractivity contribution in [3.8, 4) is 16.9 Å². The van der Waals surface area contributed by atoms with Crippen LogP contribution >= 0.6 is 23.2 Å². The topological polar surface area (TPSA) is 85.8 Å². The van der Waals surface area contributed by atoms with Crippen molar-refractivity contribution < 1.29 is 28.6 Å². The van der Waals surface area contributed by atoms with Crippen LogP contribution in [0.25, 0.3) is 11.1 Å². The molecule has 0 unspecified atom stereocenters. The van der Waals surface area contributed by atoms with Gasteiger partial charge in [-0.1, -0.05) is 41.4 Å². The number of benzene rings is 3. The number of carbonyl (C=O) groups is 2. The molecule has 3 aromatic carbocycles. The molecule has 9 nitrogen and oxygen atoms in total. The molecule has 3 heterocycles. The number of nitrogens with zero attached hydrogens (tertiary/aromatic N) is 4. The number of anilines is 2.